The summed E-state index contributed by atoms with van der Waals surface area (Å²) in [7, 11) is 0. The minimum absolute atomic E-state index is 0.0524. The number of hydrogen-bond acceptors (Lipinski definition) is 5. The van der Waals surface area contributed by atoms with Gasteiger partial charge in [-0.05, 0) is 24.5 Å². The highest BCUT2D eigenvalue weighted by atomic mass is 16.6. The molecule has 3 N–H and O–H groups in total. The summed E-state index contributed by atoms with van der Waals surface area (Å²) in [5.41, 5.74) is 6.13. The standard InChI is InChI=1S/C17H25N5O4/c1-12(2)11-15(19-17(18)24)16(23)21-9-7-20(8-10-21)13-3-5-14(6-4-13)22(25)26/h3-6,12,15H,7-11H2,1-2H3,(H3,18,19,24)/t15-/m1/s1. The Morgan fingerprint density at radius 1 is 1.19 bits per heavy atom. The van der Waals surface area contributed by atoms with Crippen molar-refractivity contribution < 1.29 is 14.5 Å². The molecule has 0 radical (unpaired) electrons. The number of amides is 3. The molecular formula is C17H25N5O4. The van der Waals surface area contributed by atoms with E-state index >= 15 is 0 Å². The molecule has 0 aromatic heterocycles. The van der Waals surface area contributed by atoms with Crippen LogP contribution in [0.5, 0.6) is 0 Å². The Morgan fingerprint density at radius 3 is 2.23 bits per heavy atom. The first-order valence-corrected chi connectivity index (χ1v) is 8.62. The third-order valence-electron chi connectivity index (χ3n) is 4.34. The minimum atomic E-state index is -0.700. The van der Waals surface area contributed by atoms with Crippen LogP contribution in [-0.2, 0) is 4.79 Å². The SMILES string of the molecule is CC(C)C[C@@H](NC(N)=O)C(=O)N1CCN(c2ccc([N+](=O)[O-])cc2)CC1. The second-order valence-electron chi connectivity index (χ2n) is 6.78. The molecule has 142 valence electrons. The second-order valence-corrected chi connectivity index (χ2v) is 6.78. The van der Waals surface area contributed by atoms with Crippen LogP contribution in [0.1, 0.15) is 20.3 Å². The molecule has 26 heavy (non-hydrogen) atoms. The largest absolute Gasteiger partial charge is 0.368 e. The highest BCUT2D eigenvalue weighted by Gasteiger charge is 2.29. The molecule has 2 rings (SSSR count). The molecule has 1 saturated heterocycles. The van der Waals surface area contributed by atoms with Gasteiger partial charge in [0.1, 0.15) is 6.04 Å². The molecule has 0 unspecified atom stereocenters. The zero-order chi connectivity index (χ0) is 19.3. The van der Waals surface area contributed by atoms with E-state index in [1.165, 1.54) is 12.1 Å². The molecule has 1 aromatic carbocycles. The summed E-state index contributed by atoms with van der Waals surface area (Å²) >= 11 is 0. The van der Waals surface area contributed by atoms with E-state index in [1.807, 2.05) is 13.8 Å². The Bertz CT molecular complexity index is 654. The lowest BCUT2D eigenvalue weighted by Gasteiger charge is -2.37. The van der Waals surface area contributed by atoms with Gasteiger partial charge in [-0.25, -0.2) is 4.79 Å². The highest BCUT2D eigenvalue weighted by molar-refractivity contribution is 5.86. The molecule has 0 aliphatic carbocycles. The van der Waals surface area contributed by atoms with E-state index in [1.54, 1.807) is 17.0 Å². The Morgan fingerprint density at radius 2 is 1.77 bits per heavy atom. The molecule has 9 nitrogen and oxygen atoms in total. The van der Waals surface area contributed by atoms with Gasteiger partial charge in [0.2, 0.25) is 5.91 Å². The van der Waals surface area contributed by atoms with Crippen molar-refractivity contribution in [3.63, 3.8) is 0 Å². The monoisotopic (exact) mass is 363 g/mol. The van der Waals surface area contributed by atoms with Crippen LogP contribution >= 0.6 is 0 Å². The van der Waals surface area contributed by atoms with Crippen LogP contribution in [0.3, 0.4) is 0 Å². The molecule has 1 aliphatic rings. The predicted molar refractivity (Wildman–Crippen MR) is 97.9 cm³/mol. The molecule has 3 amide bonds. The molecule has 0 spiro atoms. The molecule has 0 bridgehead atoms. The van der Waals surface area contributed by atoms with E-state index in [0.29, 0.717) is 32.6 Å². The van der Waals surface area contributed by atoms with Gasteiger partial charge >= 0.3 is 6.03 Å². The highest BCUT2D eigenvalue weighted by Crippen LogP contribution is 2.21. The number of primary amides is 1. The number of nitro groups is 1. The third kappa shape index (κ3) is 5.08. The number of hydrogen-bond donors (Lipinski definition) is 2. The average molecular weight is 363 g/mol. The van der Waals surface area contributed by atoms with Crippen LogP contribution in [0.4, 0.5) is 16.2 Å². The first-order valence-electron chi connectivity index (χ1n) is 8.62. The lowest BCUT2D eigenvalue weighted by molar-refractivity contribution is -0.384. The predicted octanol–water partition coefficient (Wildman–Crippen LogP) is 1.33. The van der Waals surface area contributed by atoms with E-state index in [0.717, 1.165) is 5.69 Å². The van der Waals surface area contributed by atoms with Gasteiger partial charge in [0.05, 0.1) is 4.92 Å². The van der Waals surface area contributed by atoms with Crippen molar-refractivity contribution in [2.45, 2.75) is 26.3 Å². The third-order valence-corrected chi connectivity index (χ3v) is 4.34. The summed E-state index contributed by atoms with van der Waals surface area (Å²) in [6, 6.07) is 5.06. The minimum Gasteiger partial charge on any atom is -0.368 e. The Balaban J connectivity index is 1.96. The smallest absolute Gasteiger partial charge is 0.312 e. The Hall–Kier alpha value is -2.84. The molecule has 1 fully saturated rings. The number of nitro benzene ring substituents is 1. The average Bonchev–Trinajstić information content (AvgIpc) is 2.60. The number of rotatable bonds is 6. The van der Waals surface area contributed by atoms with Gasteiger partial charge in [0.25, 0.3) is 5.69 Å². The van der Waals surface area contributed by atoms with Crippen molar-refractivity contribution in [1.29, 1.82) is 0 Å². The van der Waals surface area contributed by atoms with Gasteiger partial charge in [-0.1, -0.05) is 13.8 Å². The van der Waals surface area contributed by atoms with Gasteiger partial charge < -0.3 is 20.9 Å². The summed E-state index contributed by atoms with van der Waals surface area (Å²) in [5.74, 6) is 0.123. The number of carbonyl (C=O) groups is 2. The number of non-ortho nitro benzene ring substituents is 1. The van der Waals surface area contributed by atoms with Crippen molar-refractivity contribution in [2.24, 2.45) is 11.7 Å². The number of benzene rings is 1. The molecule has 9 heteroatoms. The van der Waals surface area contributed by atoms with Crippen LogP contribution in [0, 0.1) is 16.0 Å². The van der Waals surface area contributed by atoms with E-state index < -0.39 is 17.0 Å². The summed E-state index contributed by atoms with van der Waals surface area (Å²) in [4.78, 5) is 38.0. The van der Waals surface area contributed by atoms with Crippen LogP contribution in [0.2, 0.25) is 0 Å². The van der Waals surface area contributed by atoms with E-state index in [4.69, 9.17) is 5.73 Å². The zero-order valence-electron chi connectivity index (χ0n) is 15.1. The molecule has 1 aromatic rings. The molecule has 1 heterocycles. The number of nitrogens with one attached hydrogen (secondary N) is 1. The lowest BCUT2D eigenvalue weighted by Crippen LogP contribution is -2.56. The van der Waals surface area contributed by atoms with Crippen LogP contribution < -0.4 is 16.0 Å². The lowest BCUT2D eigenvalue weighted by atomic mass is 10.0. The van der Waals surface area contributed by atoms with Gasteiger partial charge in [0, 0.05) is 44.0 Å². The molecule has 1 atom stereocenters. The van der Waals surface area contributed by atoms with E-state index in [9.17, 15) is 19.7 Å². The van der Waals surface area contributed by atoms with Gasteiger partial charge in [-0.2, -0.15) is 0 Å². The fourth-order valence-electron chi connectivity index (χ4n) is 3.06. The Kier molecular flexibility index (Phi) is 6.37. The summed E-state index contributed by atoms with van der Waals surface area (Å²) < 4.78 is 0. The molecular weight excluding hydrogens is 338 g/mol. The maximum absolute atomic E-state index is 12.7. The van der Waals surface area contributed by atoms with Crippen molar-refractivity contribution in [3.8, 4) is 0 Å². The second kappa shape index (κ2) is 8.50. The van der Waals surface area contributed by atoms with Crippen molar-refractivity contribution >= 4 is 23.3 Å². The maximum atomic E-state index is 12.7. The Labute approximate surface area is 152 Å². The van der Waals surface area contributed by atoms with Crippen LogP contribution in [-0.4, -0.2) is 54.0 Å². The number of urea groups is 1. The van der Waals surface area contributed by atoms with E-state index in [2.05, 4.69) is 10.2 Å². The fraction of sp³-hybridized carbons (Fsp3) is 0.529. The van der Waals surface area contributed by atoms with Crippen molar-refractivity contribution in [1.82, 2.24) is 10.2 Å². The molecule has 0 saturated carbocycles. The first kappa shape index (κ1) is 19.5. The number of nitrogens with zero attached hydrogens (tertiary/aromatic N) is 3. The van der Waals surface area contributed by atoms with Crippen LogP contribution in [0.15, 0.2) is 24.3 Å². The quantitative estimate of drug-likeness (QED) is 0.583. The van der Waals surface area contributed by atoms with Gasteiger partial charge in [-0.3, -0.25) is 14.9 Å². The fourth-order valence-corrected chi connectivity index (χ4v) is 3.06. The van der Waals surface area contributed by atoms with E-state index in [-0.39, 0.29) is 17.5 Å². The normalized spacial score (nSPS) is 15.7. The number of piperazine rings is 1. The topological polar surface area (TPSA) is 122 Å². The summed E-state index contributed by atoms with van der Waals surface area (Å²) in [6.45, 7) is 6.24. The van der Waals surface area contributed by atoms with Crippen molar-refractivity contribution in [3.05, 3.63) is 34.4 Å². The first-order chi connectivity index (χ1) is 12.3. The number of carbonyl (C=O) groups excluding carboxylic acids is 2. The van der Waals surface area contributed by atoms with Crippen molar-refractivity contribution in [2.75, 3.05) is 31.1 Å². The molecule has 1 aliphatic heterocycles. The summed E-state index contributed by atoms with van der Waals surface area (Å²) in [5, 5.41) is 13.3. The zero-order valence-corrected chi connectivity index (χ0v) is 15.1. The van der Waals surface area contributed by atoms with Gasteiger partial charge in [0.15, 0.2) is 0 Å². The van der Waals surface area contributed by atoms with Gasteiger partial charge in [-0.15, -0.1) is 0 Å². The number of anilines is 1. The maximum Gasteiger partial charge on any atom is 0.312 e. The van der Waals surface area contributed by atoms with Crippen LogP contribution in [0.25, 0.3) is 0 Å². The number of nitrogens with two attached hydrogens (primary N) is 1. The summed E-state index contributed by atoms with van der Waals surface area (Å²) in [6.07, 6.45) is 0.532.